The third-order valence-electron chi connectivity index (χ3n) is 5.37. The van der Waals surface area contributed by atoms with Crippen LogP contribution in [0.2, 0.25) is 0 Å². The molecule has 102 valence electrons. The van der Waals surface area contributed by atoms with Gasteiger partial charge in [-0.25, -0.2) is 0 Å². The lowest BCUT2D eigenvalue weighted by molar-refractivity contribution is 0.149. The fourth-order valence-corrected chi connectivity index (χ4v) is 4.30. The van der Waals surface area contributed by atoms with Crippen LogP contribution in [0.25, 0.3) is 0 Å². The molecule has 2 heterocycles. The predicted molar refractivity (Wildman–Crippen MR) is 75.8 cm³/mol. The maximum Gasteiger partial charge on any atom is 0.0543 e. The van der Waals surface area contributed by atoms with Gasteiger partial charge in [0.2, 0.25) is 0 Å². The second kappa shape index (κ2) is 4.78. The van der Waals surface area contributed by atoms with Crippen LogP contribution in [0.3, 0.4) is 0 Å². The lowest BCUT2D eigenvalue weighted by Gasteiger charge is -2.34. The van der Waals surface area contributed by atoms with Gasteiger partial charge in [-0.05, 0) is 49.5 Å². The van der Waals surface area contributed by atoms with Gasteiger partial charge in [0.25, 0.3) is 0 Å². The first-order valence-electron chi connectivity index (χ1n) is 7.78. The van der Waals surface area contributed by atoms with Gasteiger partial charge < -0.3 is 4.90 Å². The average Bonchev–Trinajstić information content (AvgIpc) is 3.17. The summed E-state index contributed by atoms with van der Waals surface area (Å²) in [5.41, 5.74) is 0. The summed E-state index contributed by atoms with van der Waals surface area (Å²) >= 11 is 0. The molecule has 0 amide bonds. The Labute approximate surface area is 115 Å². The molecule has 3 atom stereocenters. The molecule has 3 nitrogen and oxygen atoms in total. The Kier molecular flexibility index (Phi) is 2.95. The maximum absolute atomic E-state index is 4.39. The van der Waals surface area contributed by atoms with Crippen LogP contribution in [-0.4, -0.2) is 34.3 Å². The number of piperidine rings is 1. The Morgan fingerprint density at radius 3 is 2.63 bits per heavy atom. The summed E-state index contributed by atoms with van der Waals surface area (Å²) in [6.45, 7) is 3.83. The molecular formula is C16H23N3. The van der Waals surface area contributed by atoms with Crippen molar-refractivity contribution >= 4 is 0 Å². The number of hydrogen-bond acceptors (Lipinski definition) is 2. The van der Waals surface area contributed by atoms with Crippen molar-refractivity contribution in [2.45, 2.75) is 31.7 Å². The van der Waals surface area contributed by atoms with Crippen molar-refractivity contribution in [3.8, 4) is 0 Å². The number of likely N-dealkylation sites (tertiary alicyclic amines) is 1. The van der Waals surface area contributed by atoms with Crippen molar-refractivity contribution in [3.05, 3.63) is 30.6 Å². The van der Waals surface area contributed by atoms with Gasteiger partial charge in [0.1, 0.15) is 0 Å². The summed E-state index contributed by atoms with van der Waals surface area (Å²) in [5.74, 6) is 2.75. The molecule has 0 aromatic carbocycles. The number of fused-ring (bicyclic) bond motifs is 2. The first-order chi connectivity index (χ1) is 9.38. The summed E-state index contributed by atoms with van der Waals surface area (Å²) in [6.07, 6.45) is 14.3. The van der Waals surface area contributed by atoms with E-state index in [-0.39, 0.29) is 0 Å². The van der Waals surface area contributed by atoms with E-state index in [0.29, 0.717) is 6.04 Å². The largest absolute Gasteiger partial charge is 0.303 e. The summed E-state index contributed by atoms with van der Waals surface area (Å²) in [5, 5.41) is 4.39. The van der Waals surface area contributed by atoms with Gasteiger partial charge >= 0.3 is 0 Å². The van der Waals surface area contributed by atoms with Gasteiger partial charge in [0.15, 0.2) is 0 Å². The molecule has 19 heavy (non-hydrogen) atoms. The molecule has 1 aliphatic heterocycles. The molecule has 4 rings (SSSR count). The number of allylic oxidation sites excluding steroid dienone is 2. The van der Waals surface area contributed by atoms with Gasteiger partial charge in [-0.15, -0.1) is 0 Å². The highest BCUT2D eigenvalue weighted by atomic mass is 15.3. The highest BCUT2D eigenvalue weighted by Crippen LogP contribution is 2.43. The average molecular weight is 257 g/mol. The molecule has 3 heteroatoms. The van der Waals surface area contributed by atoms with Crippen LogP contribution >= 0.6 is 0 Å². The Bertz CT molecular complexity index is 443. The quantitative estimate of drug-likeness (QED) is 0.776. The molecule has 0 N–H and O–H groups in total. The van der Waals surface area contributed by atoms with Gasteiger partial charge in [-0.3, -0.25) is 4.68 Å². The van der Waals surface area contributed by atoms with Crippen molar-refractivity contribution in [1.29, 1.82) is 0 Å². The van der Waals surface area contributed by atoms with E-state index in [9.17, 15) is 0 Å². The molecular weight excluding hydrogens is 234 g/mol. The molecule has 0 spiro atoms. The number of rotatable bonds is 3. The van der Waals surface area contributed by atoms with E-state index in [4.69, 9.17) is 0 Å². The molecule has 3 aliphatic rings. The fourth-order valence-electron chi connectivity index (χ4n) is 4.30. The van der Waals surface area contributed by atoms with Crippen LogP contribution in [-0.2, 0) is 0 Å². The smallest absolute Gasteiger partial charge is 0.0543 e. The Morgan fingerprint density at radius 1 is 1.11 bits per heavy atom. The molecule has 0 radical (unpaired) electrons. The predicted octanol–water partition coefficient (Wildman–Crippen LogP) is 2.73. The third-order valence-corrected chi connectivity index (χ3v) is 5.37. The van der Waals surface area contributed by atoms with E-state index in [0.717, 1.165) is 17.8 Å². The lowest BCUT2D eigenvalue weighted by atomic mass is 9.92. The van der Waals surface area contributed by atoms with Crippen molar-refractivity contribution in [3.63, 3.8) is 0 Å². The van der Waals surface area contributed by atoms with Crippen LogP contribution in [0.15, 0.2) is 30.6 Å². The second-order valence-corrected chi connectivity index (χ2v) is 6.56. The minimum Gasteiger partial charge on any atom is -0.303 e. The molecule has 3 unspecified atom stereocenters. The minimum atomic E-state index is 0.631. The summed E-state index contributed by atoms with van der Waals surface area (Å²) in [6, 6.07) is 2.67. The van der Waals surface area contributed by atoms with Gasteiger partial charge in [0.05, 0.1) is 6.04 Å². The van der Waals surface area contributed by atoms with Crippen LogP contribution in [0, 0.1) is 17.8 Å². The molecule has 1 saturated carbocycles. The van der Waals surface area contributed by atoms with Crippen LogP contribution < -0.4 is 0 Å². The van der Waals surface area contributed by atoms with E-state index >= 15 is 0 Å². The van der Waals surface area contributed by atoms with Gasteiger partial charge in [-0.1, -0.05) is 12.2 Å². The second-order valence-electron chi connectivity index (χ2n) is 6.56. The Hall–Kier alpha value is -1.09. The Balaban J connectivity index is 1.30. The molecule has 1 aromatic rings. The molecule has 2 fully saturated rings. The fraction of sp³-hybridized carbons (Fsp3) is 0.688. The first kappa shape index (κ1) is 11.7. The monoisotopic (exact) mass is 257 g/mol. The summed E-state index contributed by atoms with van der Waals surface area (Å²) in [4.78, 5) is 2.69. The molecule has 2 bridgehead atoms. The zero-order valence-electron chi connectivity index (χ0n) is 11.5. The van der Waals surface area contributed by atoms with Crippen LogP contribution in [0.1, 0.15) is 31.7 Å². The zero-order chi connectivity index (χ0) is 12.7. The Morgan fingerprint density at radius 2 is 2.00 bits per heavy atom. The lowest BCUT2D eigenvalue weighted by Crippen LogP contribution is -2.38. The maximum atomic E-state index is 4.39. The van der Waals surface area contributed by atoms with E-state index in [1.54, 1.807) is 0 Å². The van der Waals surface area contributed by atoms with E-state index in [1.165, 1.54) is 45.3 Å². The van der Waals surface area contributed by atoms with Crippen LogP contribution in [0.5, 0.6) is 0 Å². The first-order valence-corrected chi connectivity index (χ1v) is 7.78. The van der Waals surface area contributed by atoms with Crippen molar-refractivity contribution < 1.29 is 0 Å². The van der Waals surface area contributed by atoms with E-state index in [2.05, 4.69) is 33.0 Å². The summed E-state index contributed by atoms with van der Waals surface area (Å²) < 4.78 is 2.15. The third kappa shape index (κ3) is 2.25. The van der Waals surface area contributed by atoms with Crippen molar-refractivity contribution in [2.24, 2.45) is 17.8 Å². The number of hydrogen-bond donors (Lipinski definition) is 0. The van der Waals surface area contributed by atoms with Crippen molar-refractivity contribution in [2.75, 3.05) is 19.6 Å². The SMILES string of the molecule is C1=CC2CC1CC2CN1CCC(n2cccn2)CC1. The van der Waals surface area contributed by atoms with E-state index < -0.39 is 0 Å². The molecule has 2 aliphatic carbocycles. The zero-order valence-corrected chi connectivity index (χ0v) is 11.5. The highest BCUT2D eigenvalue weighted by molar-refractivity contribution is 5.10. The van der Waals surface area contributed by atoms with Gasteiger partial charge in [-0.2, -0.15) is 5.10 Å². The van der Waals surface area contributed by atoms with Gasteiger partial charge in [0, 0.05) is 32.0 Å². The highest BCUT2D eigenvalue weighted by Gasteiger charge is 2.36. The normalized spacial score (nSPS) is 35.3. The van der Waals surface area contributed by atoms with Crippen molar-refractivity contribution in [1.82, 2.24) is 14.7 Å². The minimum absolute atomic E-state index is 0.631. The number of nitrogens with zero attached hydrogens (tertiary/aromatic N) is 3. The summed E-state index contributed by atoms with van der Waals surface area (Å²) in [7, 11) is 0. The standard InChI is InChI=1S/C16H23N3/c1-6-17-19(7-1)16-4-8-18(9-5-16)12-15-11-13-2-3-14(15)10-13/h1-3,6-7,13-16H,4-5,8-12H2. The topological polar surface area (TPSA) is 21.1 Å². The molecule has 1 aromatic heterocycles. The number of aromatic nitrogens is 2. The van der Waals surface area contributed by atoms with E-state index in [1.807, 2.05) is 12.3 Å². The molecule has 1 saturated heterocycles. The van der Waals surface area contributed by atoms with Crippen LogP contribution in [0.4, 0.5) is 0 Å².